The third-order valence-corrected chi connectivity index (χ3v) is 3.05. The first kappa shape index (κ1) is 10.4. The van der Waals surface area contributed by atoms with Crippen LogP contribution in [0.25, 0.3) is 0 Å². The molecule has 2 aromatic carbocycles. The topological polar surface area (TPSA) is 15.6 Å². The standard InChI is InChI=1S/C14H11ClN2/c15-13-6-3-7-14(8-13)17-10-12-5-2-1-4-11(12)9-16-17/h1-9H,10H2. The summed E-state index contributed by atoms with van der Waals surface area (Å²) in [6.45, 7) is 0.785. The van der Waals surface area contributed by atoms with Crippen molar-refractivity contribution in [2.45, 2.75) is 6.54 Å². The minimum Gasteiger partial charge on any atom is -0.261 e. The molecule has 3 heteroatoms. The highest BCUT2D eigenvalue weighted by molar-refractivity contribution is 6.30. The van der Waals surface area contributed by atoms with E-state index in [0.29, 0.717) is 0 Å². The molecule has 0 bridgehead atoms. The molecule has 0 fully saturated rings. The highest BCUT2D eigenvalue weighted by Gasteiger charge is 2.12. The molecule has 0 aliphatic carbocycles. The van der Waals surface area contributed by atoms with Gasteiger partial charge < -0.3 is 0 Å². The second-order valence-electron chi connectivity index (χ2n) is 3.98. The van der Waals surface area contributed by atoms with E-state index in [1.165, 1.54) is 11.1 Å². The van der Waals surface area contributed by atoms with Crippen LogP contribution >= 0.6 is 11.6 Å². The molecule has 0 saturated heterocycles. The lowest BCUT2D eigenvalue weighted by Gasteiger charge is -2.23. The lowest BCUT2D eigenvalue weighted by molar-refractivity contribution is 0.843. The van der Waals surface area contributed by atoms with Gasteiger partial charge in [0.2, 0.25) is 0 Å². The third-order valence-electron chi connectivity index (χ3n) is 2.82. The molecule has 3 rings (SSSR count). The van der Waals surface area contributed by atoms with E-state index >= 15 is 0 Å². The van der Waals surface area contributed by atoms with Crippen LogP contribution in [0, 0.1) is 0 Å². The van der Waals surface area contributed by atoms with Crippen molar-refractivity contribution in [3.8, 4) is 0 Å². The molecule has 0 unspecified atom stereocenters. The zero-order valence-corrected chi connectivity index (χ0v) is 9.93. The number of hydrazone groups is 1. The molecule has 0 saturated carbocycles. The van der Waals surface area contributed by atoms with Gasteiger partial charge in [0.05, 0.1) is 18.4 Å². The van der Waals surface area contributed by atoms with Gasteiger partial charge in [0, 0.05) is 5.02 Å². The molecule has 0 N–H and O–H groups in total. The van der Waals surface area contributed by atoms with Crippen molar-refractivity contribution in [2.24, 2.45) is 5.10 Å². The summed E-state index contributed by atoms with van der Waals surface area (Å²) in [5.74, 6) is 0. The van der Waals surface area contributed by atoms with Crippen molar-refractivity contribution in [3.05, 3.63) is 64.7 Å². The highest BCUT2D eigenvalue weighted by atomic mass is 35.5. The Kier molecular flexibility index (Phi) is 2.57. The fraction of sp³-hybridized carbons (Fsp3) is 0.0714. The molecule has 0 amide bonds. The van der Waals surface area contributed by atoms with Crippen molar-refractivity contribution in [2.75, 3.05) is 5.01 Å². The number of hydrogen-bond acceptors (Lipinski definition) is 2. The smallest absolute Gasteiger partial charge is 0.0672 e. The molecule has 0 aromatic heterocycles. The molecule has 1 heterocycles. The summed E-state index contributed by atoms with van der Waals surface area (Å²) in [6.07, 6.45) is 1.89. The van der Waals surface area contributed by atoms with Crippen LogP contribution < -0.4 is 5.01 Å². The van der Waals surface area contributed by atoms with Gasteiger partial charge in [0.25, 0.3) is 0 Å². The Bertz CT molecular complexity index is 578. The quantitative estimate of drug-likeness (QED) is 0.745. The number of anilines is 1. The summed E-state index contributed by atoms with van der Waals surface area (Å²) < 4.78 is 0. The summed E-state index contributed by atoms with van der Waals surface area (Å²) in [6, 6.07) is 16.0. The van der Waals surface area contributed by atoms with Gasteiger partial charge in [0.1, 0.15) is 0 Å². The Balaban J connectivity index is 1.95. The number of halogens is 1. The molecule has 84 valence electrons. The Labute approximate surface area is 105 Å². The van der Waals surface area contributed by atoms with Gasteiger partial charge in [-0.25, -0.2) is 0 Å². The second-order valence-corrected chi connectivity index (χ2v) is 4.42. The van der Waals surface area contributed by atoms with Crippen molar-refractivity contribution < 1.29 is 0 Å². The molecule has 1 aliphatic rings. The lowest BCUT2D eigenvalue weighted by Crippen LogP contribution is -2.20. The zero-order chi connectivity index (χ0) is 11.7. The van der Waals surface area contributed by atoms with E-state index in [0.717, 1.165) is 17.3 Å². The average molecular weight is 243 g/mol. The predicted molar refractivity (Wildman–Crippen MR) is 71.7 cm³/mol. The Morgan fingerprint density at radius 1 is 1.06 bits per heavy atom. The molecule has 2 nitrogen and oxygen atoms in total. The van der Waals surface area contributed by atoms with Crippen molar-refractivity contribution in [1.29, 1.82) is 0 Å². The number of rotatable bonds is 1. The zero-order valence-electron chi connectivity index (χ0n) is 9.18. The summed E-state index contributed by atoms with van der Waals surface area (Å²) in [5.41, 5.74) is 3.48. The fourth-order valence-electron chi connectivity index (χ4n) is 1.93. The lowest BCUT2D eigenvalue weighted by atomic mass is 10.1. The number of hydrogen-bond donors (Lipinski definition) is 0. The molecule has 1 aliphatic heterocycles. The van der Waals surface area contributed by atoms with Crippen LogP contribution in [0.3, 0.4) is 0 Å². The van der Waals surface area contributed by atoms with Gasteiger partial charge in [-0.3, -0.25) is 5.01 Å². The Morgan fingerprint density at radius 3 is 2.82 bits per heavy atom. The number of fused-ring (bicyclic) bond motifs is 1. The summed E-state index contributed by atoms with van der Waals surface area (Å²) in [4.78, 5) is 0. The minimum atomic E-state index is 0.733. The highest BCUT2D eigenvalue weighted by Crippen LogP contribution is 2.24. The maximum atomic E-state index is 5.99. The SMILES string of the molecule is Clc1cccc(N2Cc3ccccc3C=N2)c1. The molecule has 2 aromatic rings. The predicted octanol–water partition coefficient (Wildman–Crippen LogP) is 3.69. The largest absolute Gasteiger partial charge is 0.261 e. The van der Waals surface area contributed by atoms with Crippen LogP contribution in [0.1, 0.15) is 11.1 Å². The maximum Gasteiger partial charge on any atom is 0.0672 e. The number of nitrogens with zero attached hydrogens (tertiary/aromatic N) is 2. The molecular weight excluding hydrogens is 232 g/mol. The normalized spacial score (nSPS) is 13.6. The van der Waals surface area contributed by atoms with Crippen LogP contribution in [-0.2, 0) is 6.54 Å². The molecule has 0 atom stereocenters. The van der Waals surface area contributed by atoms with E-state index < -0.39 is 0 Å². The van der Waals surface area contributed by atoms with Gasteiger partial charge in [-0.2, -0.15) is 5.10 Å². The van der Waals surface area contributed by atoms with Gasteiger partial charge in [0.15, 0.2) is 0 Å². The van der Waals surface area contributed by atoms with Crippen molar-refractivity contribution in [1.82, 2.24) is 0 Å². The molecule has 0 radical (unpaired) electrons. The summed E-state index contributed by atoms with van der Waals surface area (Å²) >= 11 is 5.99. The van der Waals surface area contributed by atoms with E-state index in [9.17, 15) is 0 Å². The molecular formula is C14H11ClN2. The maximum absolute atomic E-state index is 5.99. The fourth-order valence-corrected chi connectivity index (χ4v) is 2.12. The van der Waals surface area contributed by atoms with E-state index in [1.807, 2.05) is 47.6 Å². The van der Waals surface area contributed by atoms with Gasteiger partial charge in [-0.1, -0.05) is 41.9 Å². The van der Waals surface area contributed by atoms with Crippen LogP contribution in [0.5, 0.6) is 0 Å². The second kappa shape index (κ2) is 4.22. The van der Waals surface area contributed by atoms with E-state index in [-0.39, 0.29) is 0 Å². The van der Waals surface area contributed by atoms with Crippen LogP contribution in [-0.4, -0.2) is 6.21 Å². The first-order chi connectivity index (χ1) is 8.33. The van der Waals surface area contributed by atoms with Crippen molar-refractivity contribution in [3.63, 3.8) is 0 Å². The van der Waals surface area contributed by atoms with Crippen LogP contribution in [0.15, 0.2) is 53.6 Å². The van der Waals surface area contributed by atoms with Crippen LogP contribution in [0.2, 0.25) is 5.02 Å². The van der Waals surface area contributed by atoms with E-state index in [2.05, 4.69) is 17.2 Å². The minimum absolute atomic E-state index is 0.733. The van der Waals surface area contributed by atoms with Gasteiger partial charge in [-0.15, -0.1) is 0 Å². The third kappa shape index (κ3) is 2.04. The average Bonchev–Trinajstić information content (AvgIpc) is 2.38. The van der Waals surface area contributed by atoms with Gasteiger partial charge >= 0.3 is 0 Å². The Morgan fingerprint density at radius 2 is 1.94 bits per heavy atom. The molecule has 0 spiro atoms. The summed E-state index contributed by atoms with van der Waals surface area (Å²) in [5, 5.41) is 7.12. The van der Waals surface area contributed by atoms with E-state index in [4.69, 9.17) is 11.6 Å². The summed E-state index contributed by atoms with van der Waals surface area (Å²) in [7, 11) is 0. The van der Waals surface area contributed by atoms with E-state index in [1.54, 1.807) is 0 Å². The first-order valence-corrected chi connectivity index (χ1v) is 5.86. The van der Waals surface area contributed by atoms with Gasteiger partial charge in [-0.05, 0) is 29.3 Å². The van der Waals surface area contributed by atoms with Crippen LogP contribution in [0.4, 0.5) is 5.69 Å². The van der Waals surface area contributed by atoms with Crippen molar-refractivity contribution >= 4 is 23.5 Å². The Hall–Kier alpha value is -1.80. The molecule has 17 heavy (non-hydrogen) atoms. The number of benzene rings is 2. The first-order valence-electron chi connectivity index (χ1n) is 5.48. The monoisotopic (exact) mass is 242 g/mol.